The third-order valence-corrected chi connectivity index (χ3v) is 5.30. The highest BCUT2D eigenvalue weighted by molar-refractivity contribution is 6.01. The lowest BCUT2D eigenvalue weighted by atomic mass is 9.79. The summed E-state index contributed by atoms with van der Waals surface area (Å²) in [6.07, 6.45) is 8.11. The van der Waals surface area contributed by atoms with Gasteiger partial charge in [0.05, 0.1) is 0 Å². The molecule has 3 heterocycles. The Morgan fingerprint density at radius 3 is 2.42 bits per heavy atom. The summed E-state index contributed by atoms with van der Waals surface area (Å²) in [5, 5.41) is 12.1. The molecule has 1 amide bonds. The molecule has 142 valence electrons. The maximum absolute atomic E-state index is 12.5. The number of aromatic carboxylic acids is 1. The standard InChI is InChI=1S/C18H26N4O4/c23-16(14-15(17(24)25)20-7-6-19-14)21-12-18(4-10-26-11-5-18)13-22-8-2-1-3-9-22/h6-7H,1-5,8-13H2,(H,21,23)(H,24,25). The van der Waals surface area contributed by atoms with Gasteiger partial charge in [0, 0.05) is 44.1 Å². The van der Waals surface area contributed by atoms with Crippen LogP contribution in [0.15, 0.2) is 12.4 Å². The van der Waals surface area contributed by atoms with Gasteiger partial charge in [-0.25, -0.2) is 14.8 Å². The predicted molar refractivity (Wildman–Crippen MR) is 94.1 cm³/mol. The average molecular weight is 362 g/mol. The summed E-state index contributed by atoms with van der Waals surface area (Å²) in [5.41, 5.74) is -0.501. The van der Waals surface area contributed by atoms with E-state index < -0.39 is 11.9 Å². The second-order valence-corrected chi connectivity index (χ2v) is 7.19. The fourth-order valence-corrected chi connectivity index (χ4v) is 3.80. The minimum atomic E-state index is -1.25. The van der Waals surface area contributed by atoms with Crippen LogP contribution >= 0.6 is 0 Å². The number of nitrogens with one attached hydrogen (secondary N) is 1. The zero-order chi connectivity index (χ0) is 18.4. The van der Waals surface area contributed by atoms with Crippen LogP contribution in [0, 0.1) is 5.41 Å². The highest BCUT2D eigenvalue weighted by Crippen LogP contribution is 2.32. The van der Waals surface area contributed by atoms with Gasteiger partial charge in [-0.05, 0) is 38.8 Å². The lowest BCUT2D eigenvalue weighted by Crippen LogP contribution is -2.49. The maximum Gasteiger partial charge on any atom is 0.356 e. The van der Waals surface area contributed by atoms with Crippen LogP contribution in [0.3, 0.4) is 0 Å². The van der Waals surface area contributed by atoms with Crippen LogP contribution in [0.25, 0.3) is 0 Å². The average Bonchev–Trinajstić information content (AvgIpc) is 2.67. The Hall–Kier alpha value is -2.06. The number of hydrogen-bond donors (Lipinski definition) is 2. The van der Waals surface area contributed by atoms with Gasteiger partial charge in [0.25, 0.3) is 5.91 Å². The Bertz CT molecular complexity index is 640. The van der Waals surface area contributed by atoms with Crippen molar-refractivity contribution in [2.75, 3.05) is 39.4 Å². The third-order valence-electron chi connectivity index (χ3n) is 5.30. The van der Waals surface area contributed by atoms with Gasteiger partial charge >= 0.3 is 5.97 Å². The van der Waals surface area contributed by atoms with E-state index in [1.54, 1.807) is 0 Å². The summed E-state index contributed by atoms with van der Waals surface area (Å²) >= 11 is 0. The Kier molecular flexibility index (Phi) is 6.16. The number of hydrogen-bond acceptors (Lipinski definition) is 6. The molecule has 2 aliphatic heterocycles. The van der Waals surface area contributed by atoms with E-state index in [9.17, 15) is 14.7 Å². The molecule has 0 atom stereocenters. The highest BCUT2D eigenvalue weighted by atomic mass is 16.5. The minimum absolute atomic E-state index is 0.0448. The van der Waals surface area contributed by atoms with E-state index in [1.165, 1.54) is 31.7 Å². The van der Waals surface area contributed by atoms with Crippen molar-refractivity contribution in [2.45, 2.75) is 32.1 Å². The summed E-state index contributed by atoms with van der Waals surface area (Å²) < 4.78 is 5.52. The van der Waals surface area contributed by atoms with Crippen LogP contribution in [0.2, 0.25) is 0 Å². The van der Waals surface area contributed by atoms with Gasteiger partial charge in [-0.2, -0.15) is 0 Å². The number of amides is 1. The molecule has 0 saturated carbocycles. The zero-order valence-electron chi connectivity index (χ0n) is 14.9. The summed E-state index contributed by atoms with van der Waals surface area (Å²) in [6.45, 7) is 5.00. The van der Waals surface area contributed by atoms with Gasteiger partial charge in [-0.3, -0.25) is 4.79 Å². The third kappa shape index (κ3) is 4.56. The van der Waals surface area contributed by atoms with E-state index in [0.717, 1.165) is 32.5 Å². The number of piperidine rings is 1. The number of carboxylic acids is 1. The van der Waals surface area contributed by atoms with Crippen molar-refractivity contribution < 1.29 is 19.4 Å². The topological polar surface area (TPSA) is 105 Å². The second kappa shape index (κ2) is 8.55. The van der Waals surface area contributed by atoms with Gasteiger partial charge in [0.15, 0.2) is 11.4 Å². The zero-order valence-corrected chi connectivity index (χ0v) is 14.9. The molecule has 0 radical (unpaired) electrons. The van der Waals surface area contributed by atoms with Gasteiger partial charge in [0.2, 0.25) is 0 Å². The lowest BCUT2D eigenvalue weighted by molar-refractivity contribution is -0.00674. The number of aromatic nitrogens is 2. The number of carboxylic acid groups (broad SMARTS) is 1. The number of nitrogens with zero attached hydrogens (tertiary/aromatic N) is 3. The molecule has 2 N–H and O–H groups in total. The number of carbonyl (C=O) groups is 2. The van der Waals surface area contributed by atoms with Crippen molar-refractivity contribution in [2.24, 2.45) is 5.41 Å². The van der Waals surface area contributed by atoms with Crippen molar-refractivity contribution in [3.8, 4) is 0 Å². The summed E-state index contributed by atoms with van der Waals surface area (Å²) in [5.74, 6) is -1.74. The van der Waals surface area contributed by atoms with E-state index in [2.05, 4.69) is 20.2 Å². The van der Waals surface area contributed by atoms with E-state index in [0.29, 0.717) is 19.8 Å². The van der Waals surface area contributed by atoms with E-state index in [4.69, 9.17) is 4.74 Å². The normalized spacial score (nSPS) is 20.5. The summed E-state index contributed by atoms with van der Waals surface area (Å²) in [6, 6.07) is 0. The molecule has 2 fully saturated rings. The minimum Gasteiger partial charge on any atom is -0.476 e. The van der Waals surface area contributed by atoms with Crippen molar-refractivity contribution in [3.05, 3.63) is 23.8 Å². The first-order valence-electron chi connectivity index (χ1n) is 9.22. The molecule has 0 unspecified atom stereocenters. The molecule has 0 aliphatic carbocycles. The van der Waals surface area contributed by atoms with E-state index >= 15 is 0 Å². The Balaban J connectivity index is 1.67. The van der Waals surface area contributed by atoms with Crippen LogP contribution in [0.5, 0.6) is 0 Å². The molecule has 1 aromatic heterocycles. The number of carbonyl (C=O) groups excluding carboxylic acids is 1. The van der Waals surface area contributed by atoms with Gasteiger partial charge < -0.3 is 20.1 Å². The SMILES string of the molecule is O=C(O)c1nccnc1C(=O)NCC1(CN2CCCCC2)CCOCC1. The maximum atomic E-state index is 12.5. The Morgan fingerprint density at radius 1 is 1.12 bits per heavy atom. The molecule has 0 aromatic carbocycles. The first kappa shape index (κ1) is 18.7. The quantitative estimate of drug-likeness (QED) is 0.783. The van der Waals surface area contributed by atoms with Crippen molar-refractivity contribution in [3.63, 3.8) is 0 Å². The predicted octanol–water partition coefficient (Wildman–Crippen LogP) is 1.19. The van der Waals surface area contributed by atoms with Crippen molar-refractivity contribution in [1.29, 1.82) is 0 Å². The van der Waals surface area contributed by atoms with Gasteiger partial charge in [-0.1, -0.05) is 6.42 Å². The number of ether oxygens (including phenoxy) is 1. The molecule has 1 aromatic rings. The molecule has 8 nitrogen and oxygen atoms in total. The molecule has 0 spiro atoms. The molecular weight excluding hydrogens is 336 g/mol. The molecular formula is C18H26N4O4. The Morgan fingerprint density at radius 2 is 1.77 bits per heavy atom. The van der Waals surface area contributed by atoms with Crippen LogP contribution in [-0.4, -0.2) is 71.2 Å². The van der Waals surface area contributed by atoms with E-state index in [-0.39, 0.29) is 16.8 Å². The number of likely N-dealkylation sites (tertiary alicyclic amines) is 1. The first-order chi connectivity index (χ1) is 12.6. The fourth-order valence-electron chi connectivity index (χ4n) is 3.80. The Labute approximate surface area is 153 Å². The molecule has 26 heavy (non-hydrogen) atoms. The molecule has 0 bridgehead atoms. The second-order valence-electron chi connectivity index (χ2n) is 7.19. The van der Waals surface area contributed by atoms with Crippen LogP contribution in [-0.2, 0) is 4.74 Å². The van der Waals surface area contributed by atoms with Gasteiger partial charge in [-0.15, -0.1) is 0 Å². The molecule has 2 saturated heterocycles. The molecule has 8 heteroatoms. The van der Waals surface area contributed by atoms with Crippen LogP contribution < -0.4 is 5.32 Å². The highest BCUT2D eigenvalue weighted by Gasteiger charge is 2.35. The molecule has 2 aliphatic rings. The van der Waals surface area contributed by atoms with Crippen LogP contribution in [0.4, 0.5) is 0 Å². The summed E-state index contributed by atoms with van der Waals surface area (Å²) in [7, 11) is 0. The van der Waals surface area contributed by atoms with Crippen LogP contribution in [0.1, 0.15) is 53.1 Å². The summed E-state index contributed by atoms with van der Waals surface area (Å²) in [4.78, 5) is 33.9. The van der Waals surface area contributed by atoms with Crippen molar-refractivity contribution in [1.82, 2.24) is 20.2 Å². The number of rotatable bonds is 6. The lowest BCUT2D eigenvalue weighted by Gasteiger charge is -2.42. The molecule has 3 rings (SSSR count). The monoisotopic (exact) mass is 362 g/mol. The fraction of sp³-hybridized carbons (Fsp3) is 0.667. The largest absolute Gasteiger partial charge is 0.476 e. The van der Waals surface area contributed by atoms with Crippen molar-refractivity contribution >= 4 is 11.9 Å². The first-order valence-corrected chi connectivity index (χ1v) is 9.22. The van der Waals surface area contributed by atoms with E-state index in [1.807, 2.05) is 0 Å². The van der Waals surface area contributed by atoms with Gasteiger partial charge in [0.1, 0.15) is 0 Å². The smallest absolute Gasteiger partial charge is 0.356 e.